The Morgan fingerprint density at radius 3 is 2.78 bits per heavy atom. The van der Waals surface area contributed by atoms with Gasteiger partial charge >= 0.3 is 5.97 Å². The monoisotopic (exact) mass is 264 g/mol. The lowest BCUT2D eigenvalue weighted by molar-refractivity contribution is -0.140. The molecule has 0 aromatic heterocycles. The van der Waals surface area contributed by atoms with Gasteiger partial charge in [0.25, 0.3) is 0 Å². The molecule has 0 radical (unpaired) electrons. The maximum atomic E-state index is 10.8. The number of nitriles is 1. The number of carboxylic acid groups (broad SMARTS) is 1. The highest BCUT2D eigenvalue weighted by Crippen LogP contribution is 2.28. The van der Waals surface area contributed by atoms with Gasteiger partial charge in [0.1, 0.15) is 6.07 Å². The van der Waals surface area contributed by atoms with Gasteiger partial charge in [0.2, 0.25) is 0 Å². The highest BCUT2D eigenvalue weighted by Gasteiger charge is 2.17. The van der Waals surface area contributed by atoms with Crippen molar-refractivity contribution in [2.45, 2.75) is 11.8 Å². The standard InChI is InChI=1S/C13H16N2O2S/c1-9(13(16)17)8-15(2)11-5-4-6-12(18-3)10(11)7-14/h4-6,9H,8H2,1-3H3,(H,16,17). The van der Waals surface area contributed by atoms with E-state index in [-0.39, 0.29) is 0 Å². The molecule has 1 N–H and O–H groups in total. The maximum Gasteiger partial charge on any atom is 0.308 e. The zero-order chi connectivity index (χ0) is 13.7. The maximum absolute atomic E-state index is 10.8. The fourth-order valence-electron chi connectivity index (χ4n) is 1.71. The normalized spacial score (nSPS) is 11.7. The predicted molar refractivity (Wildman–Crippen MR) is 73.0 cm³/mol. The third kappa shape index (κ3) is 3.17. The number of aliphatic carboxylic acids is 1. The first-order valence-corrected chi connectivity index (χ1v) is 6.74. The van der Waals surface area contributed by atoms with Gasteiger partial charge in [-0.05, 0) is 18.4 Å². The molecule has 1 unspecified atom stereocenters. The SMILES string of the molecule is CSc1cccc(N(C)CC(C)C(=O)O)c1C#N. The Kier molecular flexibility index (Phi) is 5.05. The van der Waals surface area contributed by atoms with E-state index < -0.39 is 11.9 Å². The molecule has 5 heteroatoms. The van der Waals surface area contributed by atoms with Crippen LogP contribution >= 0.6 is 11.8 Å². The molecule has 0 amide bonds. The summed E-state index contributed by atoms with van der Waals surface area (Å²) in [5.41, 5.74) is 1.38. The van der Waals surface area contributed by atoms with E-state index in [0.717, 1.165) is 10.6 Å². The molecule has 0 saturated carbocycles. The minimum Gasteiger partial charge on any atom is -0.481 e. The van der Waals surface area contributed by atoms with Crippen LogP contribution in [0.5, 0.6) is 0 Å². The first-order valence-electron chi connectivity index (χ1n) is 5.52. The topological polar surface area (TPSA) is 64.3 Å². The van der Waals surface area contributed by atoms with Crippen LogP contribution in [0, 0.1) is 17.2 Å². The highest BCUT2D eigenvalue weighted by molar-refractivity contribution is 7.98. The lowest BCUT2D eigenvalue weighted by atomic mass is 10.1. The largest absolute Gasteiger partial charge is 0.481 e. The lowest BCUT2D eigenvalue weighted by Gasteiger charge is -2.23. The third-order valence-electron chi connectivity index (χ3n) is 2.72. The summed E-state index contributed by atoms with van der Waals surface area (Å²) in [5.74, 6) is -1.30. The van der Waals surface area contributed by atoms with Crippen molar-refractivity contribution in [2.75, 3.05) is 24.7 Å². The summed E-state index contributed by atoms with van der Waals surface area (Å²) in [5, 5.41) is 18.1. The summed E-state index contributed by atoms with van der Waals surface area (Å²) in [6.45, 7) is 2.03. The number of carbonyl (C=O) groups is 1. The number of hydrogen-bond donors (Lipinski definition) is 1. The van der Waals surface area contributed by atoms with E-state index in [1.165, 1.54) is 11.8 Å². The van der Waals surface area contributed by atoms with E-state index >= 15 is 0 Å². The average Bonchev–Trinajstić information content (AvgIpc) is 2.37. The lowest BCUT2D eigenvalue weighted by Crippen LogP contribution is -2.29. The van der Waals surface area contributed by atoms with Gasteiger partial charge in [-0.25, -0.2) is 0 Å². The van der Waals surface area contributed by atoms with Gasteiger partial charge in [-0.2, -0.15) is 5.26 Å². The Hall–Kier alpha value is -1.67. The van der Waals surface area contributed by atoms with Crippen molar-refractivity contribution < 1.29 is 9.90 Å². The molecule has 96 valence electrons. The molecule has 0 aliphatic rings. The van der Waals surface area contributed by atoms with E-state index in [4.69, 9.17) is 5.11 Å². The number of thioether (sulfide) groups is 1. The summed E-state index contributed by atoms with van der Waals surface area (Å²) in [6, 6.07) is 7.80. The molecule has 1 aromatic carbocycles. The van der Waals surface area contributed by atoms with E-state index in [0.29, 0.717) is 12.1 Å². The fourth-order valence-corrected chi connectivity index (χ4v) is 2.28. The Balaban J connectivity index is 3.03. The Morgan fingerprint density at radius 2 is 2.28 bits per heavy atom. The highest BCUT2D eigenvalue weighted by atomic mass is 32.2. The summed E-state index contributed by atoms with van der Waals surface area (Å²) in [7, 11) is 1.81. The molecular weight excluding hydrogens is 248 g/mol. The molecule has 0 spiro atoms. The molecule has 0 fully saturated rings. The van der Waals surface area contributed by atoms with Crippen LogP contribution in [0.15, 0.2) is 23.1 Å². The van der Waals surface area contributed by atoms with Crippen LogP contribution in [-0.4, -0.2) is 30.9 Å². The van der Waals surface area contributed by atoms with Gasteiger partial charge < -0.3 is 10.0 Å². The second-order valence-corrected chi connectivity index (χ2v) is 4.93. The molecular formula is C13H16N2O2S. The van der Waals surface area contributed by atoms with Gasteiger partial charge in [0.05, 0.1) is 17.2 Å². The minimum absolute atomic E-state index is 0.377. The summed E-state index contributed by atoms with van der Waals surface area (Å²) < 4.78 is 0. The van der Waals surface area contributed by atoms with Crippen molar-refractivity contribution in [3.8, 4) is 6.07 Å². The minimum atomic E-state index is -0.832. The van der Waals surface area contributed by atoms with Crippen LogP contribution in [0.4, 0.5) is 5.69 Å². The van der Waals surface area contributed by atoms with Crippen molar-refractivity contribution >= 4 is 23.4 Å². The number of benzene rings is 1. The third-order valence-corrected chi connectivity index (χ3v) is 3.50. The van der Waals surface area contributed by atoms with Gasteiger partial charge in [-0.15, -0.1) is 11.8 Å². The van der Waals surface area contributed by atoms with Crippen molar-refractivity contribution in [3.05, 3.63) is 23.8 Å². The van der Waals surface area contributed by atoms with Crippen LogP contribution in [-0.2, 0) is 4.79 Å². The Morgan fingerprint density at radius 1 is 1.61 bits per heavy atom. The Bertz CT molecular complexity index is 482. The average molecular weight is 264 g/mol. The first-order chi connectivity index (χ1) is 8.51. The molecule has 0 heterocycles. The quantitative estimate of drug-likeness (QED) is 0.827. The summed E-state index contributed by atoms with van der Waals surface area (Å²) in [4.78, 5) is 13.6. The van der Waals surface area contributed by atoms with E-state index in [2.05, 4.69) is 6.07 Å². The van der Waals surface area contributed by atoms with E-state index in [1.807, 2.05) is 29.4 Å². The molecule has 1 rings (SSSR count). The number of nitrogens with zero attached hydrogens (tertiary/aromatic N) is 2. The van der Waals surface area contributed by atoms with E-state index in [1.54, 1.807) is 14.0 Å². The van der Waals surface area contributed by atoms with Gasteiger partial charge in [-0.3, -0.25) is 4.79 Å². The van der Waals surface area contributed by atoms with Crippen molar-refractivity contribution in [1.29, 1.82) is 5.26 Å². The van der Waals surface area contributed by atoms with Gasteiger partial charge in [0, 0.05) is 18.5 Å². The van der Waals surface area contributed by atoms with E-state index in [9.17, 15) is 10.1 Å². The number of carboxylic acids is 1. The number of anilines is 1. The number of hydrogen-bond acceptors (Lipinski definition) is 4. The Labute approximate surface area is 111 Å². The smallest absolute Gasteiger partial charge is 0.308 e. The zero-order valence-corrected chi connectivity index (χ0v) is 11.5. The van der Waals surface area contributed by atoms with Gasteiger partial charge in [-0.1, -0.05) is 13.0 Å². The van der Waals surface area contributed by atoms with Crippen LogP contribution in [0.25, 0.3) is 0 Å². The van der Waals surface area contributed by atoms with Crippen LogP contribution in [0.3, 0.4) is 0 Å². The molecule has 4 nitrogen and oxygen atoms in total. The summed E-state index contributed by atoms with van der Waals surface area (Å²) in [6.07, 6.45) is 1.92. The van der Waals surface area contributed by atoms with Crippen molar-refractivity contribution in [2.24, 2.45) is 5.92 Å². The second-order valence-electron chi connectivity index (χ2n) is 4.09. The molecule has 18 heavy (non-hydrogen) atoms. The molecule has 0 aliphatic heterocycles. The predicted octanol–water partition coefficient (Wildman–Crippen LogP) is 2.44. The molecule has 1 aromatic rings. The number of rotatable bonds is 5. The summed E-state index contributed by atoms with van der Waals surface area (Å²) >= 11 is 1.51. The van der Waals surface area contributed by atoms with Crippen LogP contribution in [0.1, 0.15) is 12.5 Å². The molecule has 1 atom stereocenters. The molecule has 0 aliphatic carbocycles. The fraction of sp³-hybridized carbons (Fsp3) is 0.385. The van der Waals surface area contributed by atoms with Crippen molar-refractivity contribution in [3.63, 3.8) is 0 Å². The van der Waals surface area contributed by atoms with Crippen LogP contribution < -0.4 is 4.90 Å². The molecule has 0 saturated heterocycles. The second kappa shape index (κ2) is 6.31. The van der Waals surface area contributed by atoms with Gasteiger partial charge in [0.15, 0.2) is 0 Å². The first kappa shape index (κ1) is 14.4. The zero-order valence-electron chi connectivity index (χ0n) is 10.7. The molecule has 0 bridgehead atoms. The van der Waals surface area contributed by atoms with Crippen molar-refractivity contribution in [1.82, 2.24) is 0 Å². The van der Waals surface area contributed by atoms with Crippen LogP contribution in [0.2, 0.25) is 0 Å².